The third-order valence-electron chi connectivity index (χ3n) is 7.72. The fourth-order valence-corrected chi connectivity index (χ4v) is 5.07. The zero-order chi connectivity index (χ0) is 35.4. The maximum absolute atomic E-state index is 13.1. The highest BCUT2D eigenvalue weighted by Crippen LogP contribution is 2.31. The molecule has 0 saturated carbocycles. The number of anilines is 2. The number of hydrogen-bond acceptors (Lipinski definition) is 9. The lowest BCUT2D eigenvalue weighted by Crippen LogP contribution is -2.18. The fraction of sp³-hybridized carbons (Fsp3) is 0.162. The molecule has 3 amide bonds. The Morgan fingerprint density at radius 3 is 2.18 bits per heavy atom. The first-order chi connectivity index (χ1) is 24.0. The molecule has 13 heteroatoms. The third kappa shape index (κ3) is 7.11. The van der Waals surface area contributed by atoms with E-state index in [0.29, 0.717) is 45.3 Å². The normalized spacial score (nSPS) is 11.1. The number of ether oxygens (including phenoxy) is 1. The van der Waals surface area contributed by atoms with Gasteiger partial charge in [-0.2, -0.15) is 10.1 Å². The van der Waals surface area contributed by atoms with Gasteiger partial charge in [0.1, 0.15) is 11.4 Å². The molecule has 0 aliphatic carbocycles. The molecule has 252 valence electrons. The van der Waals surface area contributed by atoms with E-state index in [9.17, 15) is 14.4 Å². The van der Waals surface area contributed by atoms with Crippen molar-refractivity contribution in [2.75, 3.05) is 24.8 Å². The van der Waals surface area contributed by atoms with Crippen LogP contribution in [0.2, 0.25) is 0 Å². The Hall–Kier alpha value is -6.63. The summed E-state index contributed by atoms with van der Waals surface area (Å²) in [4.78, 5) is 46.5. The largest absolute Gasteiger partial charge is 0.494 e. The molecule has 0 unspecified atom stereocenters. The molecule has 0 bridgehead atoms. The van der Waals surface area contributed by atoms with E-state index >= 15 is 0 Å². The van der Waals surface area contributed by atoms with Crippen LogP contribution in [-0.4, -0.2) is 56.8 Å². The summed E-state index contributed by atoms with van der Waals surface area (Å²) in [6, 6.07) is 26.1. The van der Waals surface area contributed by atoms with Gasteiger partial charge in [-0.3, -0.25) is 19.4 Å². The average molecular weight is 671 g/mol. The van der Waals surface area contributed by atoms with Gasteiger partial charge in [-0.15, -0.1) is 0 Å². The Bertz CT molecular complexity index is 2170. The maximum Gasteiger partial charge on any atom is 0.278 e. The maximum atomic E-state index is 13.1. The van der Waals surface area contributed by atoms with Crippen LogP contribution in [0.3, 0.4) is 0 Å². The van der Waals surface area contributed by atoms with E-state index in [1.54, 1.807) is 54.6 Å². The minimum Gasteiger partial charge on any atom is -0.494 e. The van der Waals surface area contributed by atoms with Crippen LogP contribution in [0.1, 0.15) is 57.7 Å². The molecule has 3 aromatic carbocycles. The molecule has 6 aromatic rings. The fourth-order valence-electron chi connectivity index (χ4n) is 5.07. The highest BCUT2D eigenvalue weighted by atomic mass is 16.5. The van der Waals surface area contributed by atoms with Crippen molar-refractivity contribution >= 4 is 29.1 Å². The predicted molar refractivity (Wildman–Crippen MR) is 188 cm³/mol. The van der Waals surface area contributed by atoms with Gasteiger partial charge in [0.25, 0.3) is 23.6 Å². The van der Waals surface area contributed by atoms with Gasteiger partial charge in [0.2, 0.25) is 5.82 Å². The number of methoxy groups -OCH3 is 1. The number of nitrogens with one attached hydrogen (secondary N) is 3. The minimum atomic E-state index is -0.474. The van der Waals surface area contributed by atoms with Gasteiger partial charge < -0.3 is 25.2 Å². The number of carbonyl (C=O) groups excluding carboxylic acids is 3. The molecule has 0 spiro atoms. The van der Waals surface area contributed by atoms with Crippen LogP contribution in [-0.2, 0) is 5.41 Å². The Labute approximate surface area is 287 Å². The molecular formula is C37H34N8O5. The lowest BCUT2D eigenvalue weighted by Gasteiger charge is -2.20. The van der Waals surface area contributed by atoms with E-state index < -0.39 is 5.91 Å². The standard InChI is InChI=1S/C37H34N8O5/c1-37(2,3)31-20-29(43-45(31)26-9-7-6-8-10-26)36-42-32(44-50-36)24-15-17-28(39-21-24)35(48)41-27-18-16-25(19-30(27)49-5)40-34(47)23-13-11-22(12-14-23)33(46)38-4/h6-21H,1-5H3,(H,38,46)(H,40,47)(H,41,48). The van der Waals surface area contributed by atoms with Crippen molar-refractivity contribution in [1.82, 2.24) is 30.2 Å². The topological polar surface area (TPSA) is 166 Å². The van der Waals surface area contributed by atoms with E-state index in [4.69, 9.17) is 14.4 Å². The summed E-state index contributed by atoms with van der Waals surface area (Å²) in [6.45, 7) is 6.33. The van der Waals surface area contributed by atoms with E-state index in [1.807, 2.05) is 41.1 Å². The molecule has 50 heavy (non-hydrogen) atoms. The summed E-state index contributed by atoms with van der Waals surface area (Å²) in [6.07, 6.45) is 1.49. The molecule has 0 saturated heterocycles. The summed E-state index contributed by atoms with van der Waals surface area (Å²) in [5.41, 5.74) is 4.58. The highest BCUT2D eigenvalue weighted by molar-refractivity contribution is 6.06. The molecule has 0 atom stereocenters. The Morgan fingerprint density at radius 2 is 1.54 bits per heavy atom. The van der Waals surface area contributed by atoms with Crippen molar-refractivity contribution in [3.05, 3.63) is 120 Å². The summed E-state index contributed by atoms with van der Waals surface area (Å²) >= 11 is 0. The first-order valence-corrected chi connectivity index (χ1v) is 15.6. The second kappa shape index (κ2) is 13.8. The van der Waals surface area contributed by atoms with Crippen LogP contribution in [0, 0.1) is 0 Å². The number of nitrogens with zero attached hydrogens (tertiary/aromatic N) is 5. The van der Waals surface area contributed by atoms with Crippen LogP contribution in [0.25, 0.3) is 28.7 Å². The first-order valence-electron chi connectivity index (χ1n) is 15.6. The summed E-state index contributed by atoms with van der Waals surface area (Å²) in [7, 11) is 2.99. The summed E-state index contributed by atoms with van der Waals surface area (Å²) in [5, 5.41) is 17.0. The number of pyridine rings is 1. The number of benzene rings is 3. The molecule has 13 nitrogen and oxygen atoms in total. The smallest absolute Gasteiger partial charge is 0.278 e. The van der Waals surface area contributed by atoms with Crippen molar-refractivity contribution in [1.29, 1.82) is 0 Å². The third-order valence-corrected chi connectivity index (χ3v) is 7.72. The molecule has 0 fully saturated rings. The minimum absolute atomic E-state index is 0.147. The number of aromatic nitrogens is 5. The second-order valence-corrected chi connectivity index (χ2v) is 12.2. The van der Waals surface area contributed by atoms with Gasteiger partial charge in [-0.1, -0.05) is 44.1 Å². The monoisotopic (exact) mass is 670 g/mol. The van der Waals surface area contributed by atoms with Crippen LogP contribution in [0.5, 0.6) is 5.75 Å². The summed E-state index contributed by atoms with van der Waals surface area (Å²) < 4.78 is 12.9. The zero-order valence-electron chi connectivity index (χ0n) is 28.0. The number of amides is 3. The first kappa shape index (κ1) is 33.3. The van der Waals surface area contributed by atoms with Crippen LogP contribution in [0.4, 0.5) is 11.4 Å². The van der Waals surface area contributed by atoms with E-state index in [1.165, 1.54) is 20.4 Å². The van der Waals surface area contributed by atoms with Crippen LogP contribution >= 0.6 is 0 Å². The number of carbonyl (C=O) groups is 3. The van der Waals surface area contributed by atoms with Crippen molar-refractivity contribution in [2.45, 2.75) is 26.2 Å². The lowest BCUT2D eigenvalue weighted by atomic mass is 9.91. The van der Waals surface area contributed by atoms with Gasteiger partial charge in [0.05, 0.1) is 24.2 Å². The van der Waals surface area contributed by atoms with Gasteiger partial charge in [0, 0.05) is 47.1 Å². The molecule has 0 aliphatic rings. The Balaban J connectivity index is 1.13. The van der Waals surface area contributed by atoms with Gasteiger partial charge in [-0.25, -0.2) is 4.68 Å². The number of hydrogen-bond donors (Lipinski definition) is 3. The van der Waals surface area contributed by atoms with Gasteiger partial charge >= 0.3 is 0 Å². The average Bonchev–Trinajstić information content (AvgIpc) is 3.81. The molecule has 3 aromatic heterocycles. The second-order valence-electron chi connectivity index (χ2n) is 12.2. The Kier molecular flexibility index (Phi) is 9.22. The summed E-state index contributed by atoms with van der Waals surface area (Å²) in [5.74, 6) is -0.211. The van der Waals surface area contributed by atoms with E-state index in [0.717, 1.165) is 11.4 Å². The van der Waals surface area contributed by atoms with Crippen molar-refractivity contribution in [3.63, 3.8) is 0 Å². The molecule has 0 radical (unpaired) electrons. The quantitative estimate of drug-likeness (QED) is 0.163. The molecule has 0 aliphatic heterocycles. The molecule has 3 N–H and O–H groups in total. The van der Waals surface area contributed by atoms with Crippen LogP contribution in [0.15, 0.2) is 102 Å². The van der Waals surface area contributed by atoms with Crippen molar-refractivity contribution < 1.29 is 23.6 Å². The van der Waals surface area contributed by atoms with Gasteiger partial charge in [0.15, 0.2) is 5.69 Å². The number of rotatable bonds is 9. The zero-order valence-corrected chi connectivity index (χ0v) is 28.0. The Morgan fingerprint density at radius 1 is 0.820 bits per heavy atom. The van der Waals surface area contributed by atoms with Crippen molar-refractivity contribution in [3.8, 4) is 34.4 Å². The van der Waals surface area contributed by atoms with Gasteiger partial charge in [-0.05, 0) is 66.7 Å². The molecule has 6 rings (SSSR count). The molecular weight excluding hydrogens is 636 g/mol. The van der Waals surface area contributed by atoms with E-state index in [-0.39, 0.29) is 28.8 Å². The van der Waals surface area contributed by atoms with Crippen molar-refractivity contribution in [2.24, 2.45) is 0 Å². The predicted octanol–water partition coefficient (Wildman–Crippen LogP) is 6.15. The van der Waals surface area contributed by atoms with E-state index in [2.05, 4.69) is 51.8 Å². The SMILES string of the molecule is CNC(=O)c1ccc(C(=O)Nc2ccc(NC(=O)c3ccc(-c4noc(-c5cc(C(C)(C)C)n(-c6ccccc6)n5)n4)cn3)c(OC)c2)cc1. The molecule has 3 heterocycles. The van der Waals surface area contributed by atoms with Crippen LogP contribution < -0.4 is 20.7 Å². The number of para-hydroxylation sites is 1. The lowest BCUT2D eigenvalue weighted by molar-refractivity contribution is 0.0960. The highest BCUT2D eigenvalue weighted by Gasteiger charge is 2.25.